The largest absolute Gasteiger partial charge is 0.473 e. The first-order valence-electron chi connectivity index (χ1n) is 9.32. The third kappa shape index (κ3) is 3.21. The molecular formula is C20H21N5O3. The Hall–Kier alpha value is -2.97. The number of anilines is 1. The molecule has 0 spiro atoms. The molecule has 1 aromatic carbocycles. The van der Waals surface area contributed by atoms with E-state index in [1.54, 1.807) is 6.20 Å². The predicted molar refractivity (Wildman–Crippen MR) is 105 cm³/mol. The van der Waals surface area contributed by atoms with Gasteiger partial charge in [-0.25, -0.2) is 0 Å². The number of amidine groups is 1. The monoisotopic (exact) mass is 379 g/mol. The summed E-state index contributed by atoms with van der Waals surface area (Å²) in [5.74, 6) is 1.39. The molecule has 0 bridgehead atoms. The summed E-state index contributed by atoms with van der Waals surface area (Å²) in [7, 11) is 1.91. The molecule has 28 heavy (non-hydrogen) atoms. The number of aromatic nitrogens is 3. The summed E-state index contributed by atoms with van der Waals surface area (Å²) in [6.07, 6.45) is 1.73. The van der Waals surface area contributed by atoms with Crippen molar-refractivity contribution in [3.63, 3.8) is 0 Å². The van der Waals surface area contributed by atoms with Crippen LogP contribution in [0, 0.1) is 0 Å². The maximum atomic E-state index is 5.91. The lowest BCUT2D eigenvalue weighted by molar-refractivity contribution is -0.101. The number of hydrogen-bond acceptors (Lipinski definition) is 7. The van der Waals surface area contributed by atoms with Crippen molar-refractivity contribution in [1.29, 1.82) is 0 Å². The quantitative estimate of drug-likeness (QED) is 0.748. The maximum absolute atomic E-state index is 5.91. The van der Waals surface area contributed by atoms with Gasteiger partial charge >= 0.3 is 0 Å². The van der Waals surface area contributed by atoms with Crippen LogP contribution in [0.25, 0.3) is 10.9 Å². The van der Waals surface area contributed by atoms with Crippen LogP contribution < -0.4 is 10.1 Å². The summed E-state index contributed by atoms with van der Waals surface area (Å²) < 4.78 is 18.8. The molecule has 0 radical (unpaired) electrons. The highest BCUT2D eigenvalue weighted by molar-refractivity contribution is 6.09. The summed E-state index contributed by atoms with van der Waals surface area (Å²) in [5.41, 5.74) is 3.95. The normalized spacial score (nSPS) is 18.8. The van der Waals surface area contributed by atoms with Gasteiger partial charge in [0, 0.05) is 24.5 Å². The highest BCUT2D eigenvalue weighted by Gasteiger charge is 2.19. The van der Waals surface area contributed by atoms with Gasteiger partial charge in [0.2, 0.25) is 5.88 Å². The molecule has 1 atom stereocenters. The van der Waals surface area contributed by atoms with E-state index >= 15 is 0 Å². The van der Waals surface area contributed by atoms with E-state index in [4.69, 9.17) is 14.2 Å². The molecule has 2 aromatic heterocycles. The molecule has 0 aliphatic carbocycles. The number of pyridine rings is 1. The van der Waals surface area contributed by atoms with Crippen LogP contribution in [0.15, 0.2) is 41.5 Å². The van der Waals surface area contributed by atoms with Crippen LogP contribution in [0.4, 0.5) is 5.69 Å². The molecule has 0 saturated carbocycles. The van der Waals surface area contributed by atoms with Crippen molar-refractivity contribution in [3.8, 4) is 5.88 Å². The van der Waals surface area contributed by atoms with Gasteiger partial charge in [-0.1, -0.05) is 6.07 Å². The molecule has 3 aromatic rings. The average molecular weight is 379 g/mol. The molecule has 1 saturated heterocycles. The molecule has 8 heteroatoms. The van der Waals surface area contributed by atoms with Crippen molar-refractivity contribution in [2.24, 2.45) is 12.0 Å². The second-order valence-corrected chi connectivity index (χ2v) is 6.84. The highest BCUT2D eigenvalue weighted by atomic mass is 16.6. The number of ether oxygens (including phenoxy) is 3. The van der Waals surface area contributed by atoms with E-state index in [2.05, 4.69) is 26.5 Å². The fourth-order valence-corrected chi connectivity index (χ4v) is 3.47. The summed E-state index contributed by atoms with van der Waals surface area (Å²) >= 11 is 0. The van der Waals surface area contributed by atoms with Gasteiger partial charge in [0.15, 0.2) is 5.84 Å². The number of fused-ring (bicyclic) bond motifs is 2. The highest BCUT2D eigenvalue weighted by Crippen LogP contribution is 2.28. The zero-order valence-electron chi connectivity index (χ0n) is 15.6. The zero-order chi connectivity index (χ0) is 18.9. The van der Waals surface area contributed by atoms with Crippen molar-refractivity contribution in [2.45, 2.75) is 12.6 Å². The lowest BCUT2D eigenvalue weighted by Crippen LogP contribution is -2.33. The van der Waals surface area contributed by atoms with Crippen LogP contribution in [-0.4, -0.2) is 53.1 Å². The third-order valence-corrected chi connectivity index (χ3v) is 4.89. The molecule has 8 nitrogen and oxygen atoms in total. The number of nitrogens with zero attached hydrogens (tertiary/aromatic N) is 4. The van der Waals surface area contributed by atoms with Gasteiger partial charge in [-0.05, 0) is 24.3 Å². The molecule has 1 fully saturated rings. The van der Waals surface area contributed by atoms with Gasteiger partial charge in [0.1, 0.15) is 18.4 Å². The predicted octanol–water partition coefficient (Wildman–Crippen LogP) is 2.13. The Labute approximate surface area is 162 Å². The first-order chi connectivity index (χ1) is 13.8. The van der Waals surface area contributed by atoms with E-state index in [-0.39, 0.29) is 6.10 Å². The SMILES string of the molecule is Cn1nc(OCC2COCCO2)c2ccc(NC3=NCc4cccnc43)cc21. The Balaban J connectivity index is 1.34. The third-order valence-electron chi connectivity index (χ3n) is 4.89. The van der Waals surface area contributed by atoms with Gasteiger partial charge in [-0.3, -0.25) is 14.7 Å². The minimum atomic E-state index is -0.0558. The Morgan fingerprint density at radius 1 is 1.29 bits per heavy atom. The molecular weight excluding hydrogens is 358 g/mol. The lowest BCUT2D eigenvalue weighted by atomic mass is 10.2. The average Bonchev–Trinajstić information content (AvgIpc) is 3.28. The van der Waals surface area contributed by atoms with Gasteiger partial charge in [-0.15, -0.1) is 5.10 Å². The van der Waals surface area contributed by atoms with Crippen molar-refractivity contribution in [3.05, 3.63) is 47.8 Å². The van der Waals surface area contributed by atoms with Gasteiger partial charge in [0.25, 0.3) is 0 Å². The minimum Gasteiger partial charge on any atom is -0.473 e. The van der Waals surface area contributed by atoms with Crippen molar-refractivity contribution in [2.75, 3.05) is 31.7 Å². The van der Waals surface area contributed by atoms with E-state index in [1.807, 2.05) is 36.0 Å². The number of rotatable bonds is 4. The Kier molecular flexibility index (Phi) is 4.42. The maximum Gasteiger partial charge on any atom is 0.240 e. The fourth-order valence-electron chi connectivity index (χ4n) is 3.47. The van der Waals surface area contributed by atoms with Crippen LogP contribution >= 0.6 is 0 Å². The van der Waals surface area contributed by atoms with Crippen molar-refractivity contribution in [1.82, 2.24) is 14.8 Å². The van der Waals surface area contributed by atoms with Gasteiger partial charge in [0.05, 0.1) is 37.3 Å². The molecule has 144 valence electrons. The first kappa shape index (κ1) is 17.2. The second-order valence-electron chi connectivity index (χ2n) is 6.84. The van der Waals surface area contributed by atoms with E-state index in [0.717, 1.165) is 33.7 Å². The smallest absolute Gasteiger partial charge is 0.240 e. The summed E-state index contributed by atoms with van der Waals surface area (Å²) in [5, 5.41) is 8.84. The fraction of sp³-hybridized carbons (Fsp3) is 0.350. The van der Waals surface area contributed by atoms with Crippen LogP contribution in [-0.2, 0) is 23.1 Å². The zero-order valence-corrected chi connectivity index (χ0v) is 15.6. The van der Waals surface area contributed by atoms with Crippen LogP contribution in [0.2, 0.25) is 0 Å². The van der Waals surface area contributed by atoms with Crippen LogP contribution in [0.3, 0.4) is 0 Å². The molecule has 2 aliphatic heterocycles. The molecule has 0 amide bonds. The van der Waals surface area contributed by atoms with Crippen LogP contribution in [0.5, 0.6) is 5.88 Å². The molecule has 2 aliphatic rings. The number of aliphatic imine (C=N–C) groups is 1. The van der Waals surface area contributed by atoms with Crippen molar-refractivity contribution >= 4 is 22.4 Å². The van der Waals surface area contributed by atoms with E-state index in [0.29, 0.717) is 38.9 Å². The van der Waals surface area contributed by atoms with E-state index < -0.39 is 0 Å². The number of benzene rings is 1. The Bertz CT molecular complexity index is 1040. The lowest BCUT2D eigenvalue weighted by Gasteiger charge is -2.22. The molecule has 1 unspecified atom stereocenters. The van der Waals surface area contributed by atoms with Gasteiger partial charge < -0.3 is 19.5 Å². The Morgan fingerprint density at radius 3 is 3.14 bits per heavy atom. The molecule has 4 heterocycles. The number of aryl methyl sites for hydroxylation is 1. The topological polar surface area (TPSA) is 82.8 Å². The summed E-state index contributed by atoms with van der Waals surface area (Å²) in [6.45, 7) is 2.88. The number of nitrogens with one attached hydrogen (secondary N) is 1. The van der Waals surface area contributed by atoms with Crippen molar-refractivity contribution < 1.29 is 14.2 Å². The standard InChI is InChI=1S/C20H21N5O3/c1-25-17-9-14(23-19-18-13(10-22-19)3-2-6-21-18)4-5-16(17)20(24-25)28-12-15-11-26-7-8-27-15/h2-6,9,15H,7-8,10-12H2,1H3,(H,22,23). The van der Waals surface area contributed by atoms with E-state index in [1.165, 1.54) is 0 Å². The summed E-state index contributed by atoms with van der Waals surface area (Å²) in [4.78, 5) is 8.99. The Morgan fingerprint density at radius 2 is 2.25 bits per heavy atom. The summed E-state index contributed by atoms with van der Waals surface area (Å²) in [6, 6.07) is 10.0. The van der Waals surface area contributed by atoms with Crippen LogP contribution in [0.1, 0.15) is 11.3 Å². The number of hydrogen-bond donors (Lipinski definition) is 1. The minimum absolute atomic E-state index is 0.0558. The van der Waals surface area contributed by atoms with Gasteiger partial charge in [-0.2, -0.15) is 0 Å². The first-order valence-corrected chi connectivity index (χ1v) is 9.32. The second kappa shape index (κ2) is 7.21. The molecule has 1 N–H and O–H groups in total. The van der Waals surface area contributed by atoms with E-state index in [9.17, 15) is 0 Å². The molecule has 5 rings (SSSR count).